The van der Waals surface area contributed by atoms with Gasteiger partial charge in [-0.3, -0.25) is 4.98 Å². The number of aliphatic hydroxyl groups excluding tert-OH is 1. The molecule has 74 valence electrons. The van der Waals surface area contributed by atoms with Gasteiger partial charge in [0.05, 0.1) is 12.3 Å². The molecule has 1 rings (SSSR count). The summed E-state index contributed by atoms with van der Waals surface area (Å²) in [6.45, 7) is 1.42. The van der Waals surface area contributed by atoms with Crippen LogP contribution in [-0.2, 0) is 12.4 Å². The van der Waals surface area contributed by atoms with E-state index in [9.17, 15) is 5.11 Å². The molecule has 4 nitrogen and oxygen atoms in total. The van der Waals surface area contributed by atoms with Crippen molar-refractivity contribution in [3.05, 3.63) is 23.0 Å². The minimum atomic E-state index is -0.240. The second-order valence-corrected chi connectivity index (χ2v) is 3.49. The van der Waals surface area contributed by atoms with Crippen molar-refractivity contribution in [1.29, 1.82) is 5.26 Å². The molecule has 14 heavy (non-hydrogen) atoms. The van der Waals surface area contributed by atoms with E-state index in [-0.39, 0.29) is 12.4 Å². The number of rotatable bonds is 3. The van der Waals surface area contributed by atoms with E-state index in [0.717, 1.165) is 11.8 Å². The lowest BCUT2D eigenvalue weighted by Crippen LogP contribution is -1.97. The number of aromatic nitrogens is 1. The SMILES string of the molecule is Cc1ncc(CSC#N)c(CO)c1O. The number of aryl methyl sites for hydroxylation is 1. The molecule has 1 aromatic heterocycles. The van der Waals surface area contributed by atoms with Crippen LogP contribution < -0.4 is 0 Å². The number of hydrogen-bond acceptors (Lipinski definition) is 5. The van der Waals surface area contributed by atoms with Gasteiger partial charge >= 0.3 is 0 Å². The van der Waals surface area contributed by atoms with Crippen molar-refractivity contribution in [3.63, 3.8) is 0 Å². The number of thioether (sulfide) groups is 1. The lowest BCUT2D eigenvalue weighted by Gasteiger charge is -2.08. The fraction of sp³-hybridized carbons (Fsp3) is 0.333. The van der Waals surface area contributed by atoms with E-state index < -0.39 is 0 Å². The van der Waals surface area contributed by atoms with Crippen molar-refractivity contribution in [3.8, 4) is 11.2 Å². The van der Waals surface area contributed by atoms with E-state index in [4.69, 9.17) is 10.4 Å². The summed E-state index contributed by atoms with van der Waals surface area (Å²) >= 11 is 1.05. The normalized spacial score (nSPS) is 9.79. The first kappa shape index (κ1) is 10.8. The third kappa shape index (κ3) is 2.16. The Bertz CT molecular complexity index is 374. The van der Waals surface area contributed by atoms with Crippen LogP contribution in [0.25, 0.3) is 0 Å². The zero-order chi connectivity index (χ0) is 10.6. The monoisotopic (exact) mass is 210 g/mol. The highest BCUT2D eigenvalue weighted by Gasteiger charge is 2.10. The minimum absolute atomic E-state index is 0.0172. The molecule has 0 atom stereocenters. The first-order valence-electron chi connectivity index (χ1n) is 3.98. The smallest absolute Gasteiger partial charge is 0.142 e. The Hall–Kier alpha value is -1.25. The van der Waals surface area contributed by atoms with Crippen LogP contribution in [0.1, 0.15) is 16.8 Å². The van der Waals surface area contributed by atoms with E-state index in [0.29, 0.717) is 22.6 Å². The Labute approximate surface area is 86.2 Å². The summed E-state index contributed by atoms with van der Waals surface area (Å²) in [4.78, 5) is 3.96. The van der Waals surface area contributed by atoms with Crippen LogP contribution in [0.15, 0.2) is 6.20 Å². The van der Waals surface area contributed by atoms with Gasteiger partial charge in [0, 0.05) is 17.5 Å². The van der Waals surface area contributed by atoms with Crippen molar-refractivity contribution in [2.24, 2.45) is 0 Å². The third-order valence-corrected chi connectivity index (χ3v) is 2.46. The highest BCUT2D eigenvalue weighted by molar-refractivity contribution is 8.02. The van der Waals surface area contributed by atoms with Gasteiger partial charge in [-0.25, -0.2) is 0 Å². The van der Waals surface area contributed by atoms with Crippen LogP contribution in [0.3, 0.4) is 0 Å². The predicted octanol–water partition coefficient (Wildman–Crippen LogP) is 1.30. The molecule has 0 aliphatic heterocycles. The van der Waals surface area contributed by atoms with Gasteiger partial charge in [0.25, 0.3) is 0 Å². The van der Waals surface area contributed by atoms with Crippen LogP contribution >= 0.6 is 11.8 Å². The first-order valence-corrected chi connectivity index (χ1v) is 4.97. The van der Waals surface area contributed by atoms with Crippen LogP contribution in [0.2, 0.25) is 0 Å². The Balaban J connectivity index is 3.05. The number of nitriles is 1. The molecule has 0 radical (unpaired) electrons. The summed E-state index contributed by atoms with van der Waals surface area (Å²) in [7, 11) is 0. The quantitative estimate of drug-likeness (QED) is 0.735. The topological polar surface area (TPSA) is 77.1 Å². The van der Waals surface area contributed by atoms with Gasteiger partial charge in [0.15, 0.2) is 0 Å². The second kappa shape index (κ2) is 4.84. The number of aliphatic hydroxyl groups is 1. The van der Waals surface area contributed by atoms with Crippen molar-refractivity contribution in [2.75, 3.05) is 0 Å². The number of thiocyanates is 1. The molecule has 0 saturated heterocycles. The molecule has 0 aliphatic carbocycles. The van der Waals surface area contributed by atoms with Crippen molar-refractivity contribution in [1.82, 2.24) is 4.98 Å². The van der Waals surface area contributed by atoms with E-state index in [1.54, 1.807) is 13.1 Å². The zero-order valence-electron chi connectivity index (χ0n) is 7.69. The summed E-state index contributed by atoms with van der Waals surface area (Å²) in [5.41, 5.74) is 1.64. The molecule has 0 aliphatic rings. The van der Waals surface area contributed by atoms with Crippen LogP contribution in [-0.4, -0.2) is 15.2 Å². The molecule has 5 heteroatoms. The van der Waals surface area contributed by atoms with Gasteiger partial charge in [0.2, 0.25) is 0 Å². The molecule has 0 fully saturated rings. The van der Waals surface area contributed by atoms with Crippen molar-refractivity contribution < 1.29 is 10.2 Å². The number of nitrogens with zero attached hydrogens (tertiary/aromatic N) is 2. The van der Waals surface area contributed by atoms with Crippen LogP contribution in [0, 0.1) is 17.6 Å². The third-order valence-electron chi connectivity index (χ3n) is 1.88. The maximum atomic E-state index is 9.56. The Morgan fingerprint density at radius 3 is 2.93 bits per heavy atom. The van der Waals surface area contributed by atoms with Gasteiger partial charge in [-0.2, -0.15) is 5.26 Å². The maximum absolute atomic E-state index is 9.56. The lowest BCUT2D eigenvalue weighted by atomic mass is 10.1. The molecule has 1 heterocycles. The van der Waals surface area contributed by atoms with Crippen molar-refractivity contribution >= 4 is 11.8 Å². The molecule has 0 unspecified atom stereocenters. The summed E-state index contributed by atoms with van der Waals surface area (Å²) < 4.78 is 0. The van der Waals surface area contributed by atoms with Crippen LogP contribution in [0.5, 0.6) is 5.75 Å². The summed E-state index contributed by atoms with van der Waals surface area (Å²) in [6, 6.07) is 0. The number of hydrogen-bond donors (Lipinski definition) is 2. The van der Waals surface area contributed by atoms with Gasteiger partial charge in [-0.05, 0) is 24.2 Å². The molecule has 0 saturated carbocycles. The lowest BCUT2D eigenvalue weighted by molar-refractivity contribution is 0.274. The van der Waals surface area contributed by atoms with Gasteiger partial charge < -0.3 is 10.2 Å². The Kier molecular flexibility index (Phi) is 3.74. The largest absolute Gasteiger partial charge is 0.506 e. The standard InChI is InChI=1S/C9H10N2O2S/c1-6-9(13)8(3-12)7(2-11-6)4-14-5-10/h2,12-13H,3-4H2,1H3. The fourth-order valence-corrected chi connectivity index (χ4v) is 1.56. The number of aromatic hydroxyl groups is 1. The Morgan fingerprint density at radius 2 is 2.36 bits per heavy atom. The first-order chi connectivity index (χ1) is 6.70. The number of pyridine rings is 1. The summed E-state index contributed by atoms with van der Waals surface area (Å²) in [5, 5.41) is 28.9. The van der Waals surface area contributed by atoms with E-state index in [1.165, 1.54) is 0 Å². The van der Waals surface area contributed by atoms with Gasteiger partial charge in [-0.15, -0.1) is 0 Å². The summed E-state index contributed by atoms with van der Waals surface area (Å²) in [6.07, 6.45) is 1.57. The molecular formula is C9H10N2O2S. The molecular weight excluding hydrogens is 200 g/mol. The highest BCUT2D eigenvalue weighted by Crippen LogP contribution is 2.25. The van der Waals surface area contributed by atoms with E-state index >= 15 is 0 Å². The second-order valence-electron chi connectivity index (χ2n) is 2.73. The van der Waals surface area contributed by atoms with Gasteiger partial charge in [-0.1, -0.05) is 0 Å². The molecule has 0 bridgehead atoms. The Morgan fingerprint density at radius 1 is 1.64 bits per heavy atom. The maximum Gasteiger partial charge on any atom is 0.142 e. The minimum Gasteiger partial charge on any atom is -0.506 e. The molecule has 0 spiro atoms. The molecule has 1 aromatic rings. The zero-order valence-corrected chi connectivity index (χ0v) is 8.51. The fourth-order valence-electron chi connectivity index (χ4n) is 1.10. The van der Waals surface area contributed by atoms with E-state index in [1.807, 2.05) is 5.40 Å². The van der Waals surface area contributed by atoms with Crippen molar-refractivity contribution in [2.45, 2.75) is 19.3 Å². The van der Waals surface area contributed by atoms with Gasteiger partial charge in [0.1, 0.15) is 11.2 Å². The molecule has 0 amide bonds. The predicted molar refractivity (Wildman–Crippen MR) is 53.5 cm³/mol. The average Bonchev–Trinajstić information content (AvgIpc) is 2.20. The average molecular weight is 210 g/mol. The van der Waals surface area contributed by atoms with Crippen LogP contribution in [0.4, 0.5) is 0 Å². The molecule has 0 aromatic carbocycles. The summed E-state index contributed by atoms with van der Waals surface area (Å²) in [5.74, 6) is 0.441. The highest BCUT2D eigenvalue weighted by atomic mass is 32.2. The van der Waals surface area contributed by atoms with E-state index in [2.05, 4.69) is 4.98 Å². The molecule has 2 N–H and O–H groups in total.